The number of aliphatic carboxylic acids is 1. The number of rotatable bonds is 8. The van der Waals surface area contributed by atoms with Crippen LogP contribution in [-0.4, -0.2) is 36.9 Å². The molecule has 0 saturated carbocycles. The second-order valence-corrected chi connectivity index (χ2v) is 3.44. The summed E-state index contributed by atoms with van der Waals surface area (Å²) >= 11 is 0. The van der Waals surface area contributed by atoms with Crippen LogP contribution in [0.4, 0.5) is 0 Å². The summed E-state index contributed by atoms with van der Waals surface area (Å²) in [4.78, 5) is 10.7. The molecule has 1 rings (SSSR count). The van der Waals surface area contributed by atoms with Crippen LogP contribution in [0, 0.1) is 0 Å². The number of nitrogens with two attached hydrogens (primary N) is 1. The van der Waals surface area contributed by atoms with Crippen LogP contribution in [0.2, 0.25) is 0 Å². The topological polar surface area (TPSA) is 81.8 Å². The van der Waals surface area contributed by atoms with E-state index in [0.29, 0.717) is 13.0 Å². The quantitative estimate of drug-likeness (QED) is 0.658. The smallest absolute Gasteiger partial charge is 0.332 e. The lowest BCUT2D eigenvalue weighted by Gasteiger charge is -2.12. The Morgan fingerprint density at radius 1 is 1.29 bits per heavy atom. The van der Waals surface area contributed by atoms with E-state index in [4.69, 9.17) is 20.3 Å². The van der Waals surface area contributed by atoms with Gasteiger partial charge in [0.2, 0.25) is 0 Å². The molecule has 0 aliphatic rings. The first kappa shape index (κ1) is 13.5. The van der Waals surface area contributed by atoms with Crippen LogP contribution in [0.5, 0.6) is 5.75 Å². The molecule has 5 nitrogen and oxygen atoms in total. The Morgan fingerprint density at radius 2 is 2.00 bits per heavy atom. The lowest BCUT2D eigenvalue weighted by Crippen LogP contribution is -2.28. The number of hydrogen-bond acceptors (Lipinski definition) is 4. The zero-order valence-corrected chi connectivity index (χ0v) is 9.54. The molecular formula is C12H17NO4. The predicted octanol–water partition coefficient (Wildman–Crippen LogP) is 0.884. The van der Waals surface area contributed by atoms with Crippen molar-refractivity contribution in [2.24, 2.45) is 5.73 Å². The second kappa shape index (κ2) is 7.65. The van der Waals surface area contributed by atoms with Gasteiger partial charge < -0.3 is 20.3 Å². The summed E-state index contributed by atoms with van der Waals surface area (Å²) in [6, 6.07) is 9.28. The summed E-state index contributed by atoms with van der Waals surface area (Å²) in [5.74, 6) is -0.253. The van der Waals surface area contributed by atoms with E-state index < -0.39 is 12.1 Å². The SMILES string of the molecule is NCCC(OCCOc1ccccc1)C(=O)O. The summed E-state index contributed by atoms with van der Waals surface area (Å²) in [6.07, 6.45) is -0.542. The van der Waals surface area contributed by atoms with Gasteiger partial charge in [0, 0.05) is 0 Å². The molecule has 0 radical (unpaired) electrons. The minimum atomic E-state index is -0.991. The van der Waals surface area contributed by atoms with Gasteiger partial charge in [0.05, 0.1) is 6.61 Å². The highest BCUT2D eigenvalue weighted by atomic mass is 16.5. The van der Waals surface area contributed by atoms with E-state index in [1.807, 2.05) is 30.3 Å². The van der Waals surface area contributed by atoms with Gasteiger partial charge in [0.15, 0.2) is 6.10 Å². The monoisotopic (exact) mass is 239 g/mol. The van der Waals surface area contributed by atoms with E-state index in [1.54, 1.807) is 0 Å². The van der Waals surface area contributed by atoms with Gasteiger partial charge in [-0.3, -0.25) is 0 Å². The molecule has 0 aliphatic heterocycles. The standard InChI is InChI=1S/C12H17NO4/c13-7-6-11(12(14)15)17-9-8-16-10-4-2-1-3-5-10/h1-5,11H,6-9,13H2,(H,14,15). The van der Waals surface area contributed by atoms with Crippen LogP contribution in [0.15, 0.2) is 30.3 Å². The Morgan fingerprint density at radius 3 is 2.59 bits per heavy atom. The number of ether oxygens (including phenoxy) is 2. The highest BCUT2D eigenvalue weighted by Gasteiger charge is 2.16. The maximum absolute atomic E-state index is 10.7. The Hall–Kier alpha value is -1.59. The lowest BCUT2D eigenvalue weighted by atomic mass is 10.2. The molecule has 94 valence electrons. The van der Waals surface area contributed by atoms with Gasteiger partial charge in [-0.15, -0.1) is 0 Å². The third kappa shape index (κ3) is 5.33. The molecule has 17 heavy (non-hydrogen) atoms. The van der Waals surface area contributed by atoms with Crippen molar-refractivity contribution in [2.45, 2.75) is 12.5 Å². The molecule has 0 spiro atoms. The van der Waals surface area contributed by atoms with Crippen molar-refractivity contribution in [2.75, 3.05) is 19.8 Å². The van der Waals surface area contributed by atoms with Gasteiger partial charge in [-0.25, -0.2) is 4.79 Å². The molecule has 3 N–H and O–H groups in total. The van der Waals surface area contributed by atoms with E-state index in [1.165, 1.54) is 0 Å². The molecule has 1 aromatic carbocycles. The normalized spacial score (nSPS) is 12.1. The number of carboxylic acid groups (broad SMARTS) is 1. The van der Waals surface area contributed by atoms with E-state index in [2.05, 4.69) is 0 Å². The Bertz CT molecular complexity index is 329. The molecular weight excluding hydrogens is 222 g/mol. The first-order valence-corrected chi connectivity index (χ1v) is 5.46. The van der Waals surface area contributed by atoms with Gasteiger partial charge in [0.25, 0.3) is 0 Å². The molecule has 5 heteroatoms. The number of para-hydroxylation sites is 1. The second-order valence-electron chi connectivity index (χ2n) is 3.44. The van der Waals surface area contributed by atoms with Crippen molar-refractivity contribution in [3.05, 3.63) is 30.3 Å². The molecule has 1 atom stereocenters. The van der Waals surface area contributed by atoms with Gasteiger partial charge in [-0.1, -0.05) is 18.2 Å². The predicted molar refractivity (Wildman–Crippen MR) is 63.0 cm³/mol. The van der Waals surface area contributed by atoms with Crippen LogP contribution < -0.4 is 10.5 Å². The fourth-order valence-corrected chi connectivity index (χ4v) is 1.30. The maximum atomic E-state index is 10.7. The summed E-state index contributed by atoms with van der Waals surface area (Å²) in [5.41, 5.74) is 5.29. The van der Waals surface area contributed by atoms with Crippen molar-refractivity contribution in [3.63, 3.8) is 0 Å². The van der Waals surface area contributed by atoms with Crippen molar-refractivity contribution < 1.29 is 19.4 Å². The average molecular weight is 239 g/mol. The van der Waals surface area contributed by atoms with Crippen molar-refractivity contribution in [1.29, 1.82) is 0 Å². The summed E-state index contributed by atoms with van der Waals surface area (Å²) in [5, 5.41) is 8.80. The zero-order valence-electron chi connectivity index (χ0n) is 9.54. The summed E-state index contributed by atoms with van der Waals surface area (Å²) < 4.78 is 10.5. The fraction of sp³-hybridized carbons (Fsp3) is 0.417. The van der Waals surface area contributed by atoms with Gasteiger partial charge in [-0.2, -0.15) is 0 Å². The van der Waals surface area contributed by atoms with Crippen LogP contribution in [-0.2, 0) is 9.53 Å². The summed E-state index contributed by atoms with van der Waals surface area (Å²) in [7, 11) is 0. The minimum Gasteiger partial charge on any atom is -0.491 e. The number of hydrogen-bond donors (Lipinski definition) is 2. The average Bonchev–Trinajstić information content (AvgIpc) is 2.34. The van der Waals surface area contributed by atoms with E-state index in [-0.39, 0.29) is 13.2 Å². The van der Waals surface area contributed by atoms with Crippen LogP contribution >= 0.6 is 0 Å². The van der Waals surface area contributed by atoms with Gasteiger partial charge in [0.1, 0.15) is 12.4 Å². The molecule has 0 aromatic heterocycles. The number of carboxylic acids is 1. The van der Waals surface area contributed by atoms with E-state index >= 15 is 0 Å². The molecule has 1 aromatic rings. The Kier molecular flexibility index (Phi) is 6.06. The van der Waals surface area contributed by atoms with Crippen molar-refractivity contribution in [3.8, 4) is 5.75 Å². The van der Waals surface area contributed by atoms with Crippen LogP contribution in [0.25, 0.3) is 0 Å². The van der Waals surface area contributed by atoms with Crippen LogP contribution in [0.3, 0.4) is 0 Å². The molecule has 0 aliphatic carbocycles. The van der Waals surface area contributed by atoms with Gasteiger partial charge in [-0.05, 0) is 25.1 Å². The summed E-state index contributed by atoms with van der Waals surface area (Å²) in [6.45, 7) is 0.834. The Labute approximate surface area is 100 Å². The Balaban J connectivity index is 2.20. The number of benzene rings is 1. The van der Waals surface area contributed by atoms with E-state index in [9.17, 15) is 4.79 Å². The molecule has 0 saturated heterocycles. The van der Waals surface area contributed by atoms with Crippen molar-refractivity contribution in [1.82, 2.24) is 0 Å². The minimum absolute atomic E-state index is 0.228. The molecule has 0 heterocycles. The largest absolute Gasteiger partial charge is 0.491 e. The fourth-order valence-electron chi connectivity index (χ4n) is 1.30. The zero-order chi connectivity index (χ0) is 12.5. The van der Waals surface area contributed by atoms with E-state index in [0.717, 1.165) is 5.75 Å². The van der Waals surface area contributed by atoms with Crippen LogP contribution in [0.1, 0.15) is 6.42 Å². The number of carbonyl (C=O) groups is 1. The van der Waals surface area contributed by atoms with Crippen molar-refractivity contribution >= 4 is 5.97 Å². The first-order chi connectivity index (χ1) is 8.24. The third-order valence-corrected chi connectivity index (χ3v) is 2.12. The lowest BCUT2D eigenvalue weighted by molar-refractivity contribution is -0.151. The molecule has 0 bridgehead atoms. The highest BCUT2D eigenvalue weighted by molar-refractivity contribution is 5.72. The third-order valence-electron chi connectivity index (χ3n) is 2.12. The molecule has 0 fully saturated rings. The first-order valence-electron chi connectivity index (χ1n) is 5.46. The molecule has 1 unspecified atom stereocenters. The van der Waals surface area contributed by atoms with Gasteiger partial charge >= 0.3 is 5.97 Å². The highest BCUT2D eigenvalue weighted by Crippen LogP contribution is 2.08. The maximum Gasteiger partial charge on any atom is 0.332 e. The molecule has 0 amide bonds.